The monoisotopic (exact) mass is 878 g/mol. The highest BCUT2D eigenvalue weighted by molar-refractivity contribution is 6.21. The zero-order valence-electron chi connectivity index (χ0n) is 35.3. The number of rotatable bonds is 9. The first kappa shape index (κ1) is 48.1. The molecule has 330 valence electrons. The number of esters is 1. The van der Waals surface area contributed by atoms with Crippen LogP contribution in [0.1, 0.15) is 64.4 Å². The van der Waals surface area contributed by atoms with Gasteiger partial charge in [0.1, 0.15) is 23.4 Å². The van der Waals surface area contributed by atoms with Crippen molar-refractivity contribution in [3.63, 3.8) is 0 Å². The van der Waals surface area contributed by atoms with Crippen LogP contribution >= 0.6 is 23.2 Å². The largest absolute Gasteiger partial charge is 0.507 e. The third kappa shape index (κ3) is 10.1. The van der Waals surface area contributed by atoms with Gasteiger partial charge >= 0.3 is 11.8 Å². The number of aromatic hydroxyl groups is 2. The van der Waals surface area contributed by atoms with Gasteiger partial charge in [0, 0.05) is 92.1 Å². The first-order valence-corrected chi connectivity index (χ1v) is 20.7. The van der Waals surface area contributed by atoms with Crippen LogP contribution in [0.5, 0.6) is 23.0 Å². The van der Waals surface area contributed by atoms with E-state index in [9.17, 15) is 39.6 Å². The number of nitrogens with one attached hydrogen (secondary N) is 1. The summed E-state index contributed by atoms with van der Waals surface area (Å²) in [7, 11) is 1.43. The molecule has 0 aliphatic carbocycles. The number of carbonyl (C=O) groups excluding carboxylic acids is 4. The van der Waals surface area contributed by atoms with E-state index < -0.39 is 95.5 Å². The van der Waals surface area contributed by atoms with E-state index in [1.807, 2.05) is 0 Å². The summed E-state index contributed by atoms with van der Waals surface area (Å²) in [6.07, 6.45) is 3.47. The summed E-state index contributed by atoms with van der Waals surface area (Å²) in [5.74, 6) is -8.20. The number of anilines is 1. The van der Waals surface area contributed by atoms with Gasteiger partial charge in [0.15, 0.2) is 12.4 Å². The molecule has 2 aromatic carbocycles. The molecule has 5 rings (SSSR count). The van der Waals surface area contributed by atoms with Gasteiger partial charge in [0.2, 0.25) is 0 Å². The van der Waals surface area contributed by atoms with E-state index in [-0.39, 0.29) is 69.5 Å². The van der Waals surface area contributed by atoms with Crippen LogP contribution in [0.15, 0.2) is 42.2 Å². The predicted octanol–water partition coefficient (Wildman–Crippen LogP) is 5.73. The standard InChI is InChI=1S/C43H56Cl2N2O13/c1-21-11-10-12-22(2)42(55)46-28-19-30(57-20-31(49)47(16-14-44)17-15-45)32-33(38(28)53)37(52)26(6)40-34(32)41(54)43(8,60-40)58-18-13-29(56-9)23(3)39(59-27(7)48)25(5)36(51)24(4)35(21)50/h10-13,18-19,21,23-25,29,35-36,39,50-53H,14-17,20H2,1-9H3,(H,46,55)/b11-10+,18-13+,22-12-. The van der Waals surface area contributed by atoms with Crippen LogP contribution in [-0.2, 0) is 28.6 Å². The molecule has 2 aromatic rings. The average Bonchev–Trinajstić information content (AvgIpc) is 3.47. The van der Waals surface area contributed by atoms with E-state index in [1.165, 1.54) is 64.2 Å². The number of phenols is 2. The number of hydrogen-bond acceptors (Lipinski definition) is 13. The zero-order valence-corrected chi connectivity index (χ0v) is 36.8. The summed E-state index contributed by atoms with van der Waals surface area (Å²) in [6.45, 7) is 12.2. The van der Waals surface area contributed by atoms with Crippen molar-refractivity contribution in [3.05, 3.63) is 53.3 Å². The molecule has 0 radical (unpaired) electrons. The molecule has 0 fully saturated rings. The zero-order chi connectivity index (χ0) is 44.8. The lowest BCUT2D eigenvalue weighted by Gasteiger charge is -2.38. The van der Waals surface area contributed by atoms with Crippen molar-refractivity contribution >= 4 is 63.2 Å². The number of nitrogens with zero attached hydrogens (tertiary/aromatic N) is 1. The summed E-state index contributed by atoms with van der Waals surface area (Å²) in [6, 6.07) is 1.23. The number of alkyl halides is 2. The fraction of sp³-hybridized carbons (Fsp3) is 0.535. The molecule has 2 amide bonds. The van der Waals surface area contributed by atoms with Gasteiger partial charge in [0.25, 0.3) is 17.6 Å². The summed E-state index contributed by atoms with van der Waals surface area (Å²) < 4.78 is 29.7. The van der Waals surface area contributed by atoms with E-state index in [0.717, 1.165) is 0 Å². The van der Waals surface area contributed by atoms with Crippen LogP contribution < -0.4 is 14.8 Å². The number of phenolic OH excluding ortho intramolecular Hbond substituents is 2. The van der Waals surface area contributed by atoms with Crippen LogP contribution in [0.2, 0.25) is 0 Å². The SMILES string of the molecule is COC1/C=C/OC2(C)Oc3c(C)c(O)c4c(O)c(cc(OCC(=O)N(CCCl)CCCl)c4c3C2=O)NC(=O)/C(C)=C\C=C\C(C)C(O)C(C)C(O)C(C)C(OC(C)=O)C1C. The van der Waals surface area contributed by atoms with E-state index in [2.05, 4.69) is 5.32 Å². The molecule has 9 unspecified atom stereocenters. The molecule has 0 saturated carbocycles. The molecule has 15 nitrogen and oxygen atoms in total. The van der Waals surface area contributed by atoms with Gasteiger partial charge in [-0.2, -0.15) is 0 Å². The number of carbonyl (C=O) groups is 4. The molecule has 0 saturated heterocycles. The first-order chi connectivity index (χ1) is 28.2. The molecule has 5 N–H and O–H groups in total. The maximum atomic E-state index is 14.5. The molecular weight excluding hydrogens is 823 g/mol. The Morgan fingerprint density at radius 3 is 2.20 bits per heavy atom. The number of aliphatic hydroxyl groups is 2. The fourth-order valence-corrected chi connectivity index (χ4v) is 7.95. The number of allylic oxidation sites excluding steroid dienone is 2. The van der Waals surface area contributed by atoms with Crippen molar-refractivity contribution in [2.75, 3.05) is 43.9 Å². The molecule has 9 atom stereocenters. The Labute approximate surface area is 359 Å². The van der Waals surface area contributed by atoms with E-state index in [1.54, 1.807) is 39.8 Å². The van der Waals surface area contributed by atoms with E-state index in [4.69, 9.17) is 46.9 Å². The maximum absolute atomic E-state index is 14.5. The molecule has 60 heavy (non-hydrogen) atoms. The molecule has 5 bridgehead atoms. The lowest BCUT2D eigenvalue weighted by molar-refractivity contribution is -0.160. The minimum absolute atomic E-state index is 0.0517. The van der Waals surface area contributed by atoms with Crippen molar-refractivity contribution in [2.45, 2.75) is 85.6 Å². The normalized spacial score (nSPS) is 29.5. The Balaban J connectivity index is 1.94. The molecule has 3 aliphatic rings. The van der Waals surface area contributed by atoms with Crippen LogP contribution in [0, 0.1) is 30.6 Å². The molecule has 0 spiro atoms. The summed E-state index contributed by atoms with van der Waals surface area (Å²) >= 11 is 11.8. The smallest absolute Gasteiger partial charge is 0.312 e. The number of ether oxygens (including phenoxy) is 5. The van der Waals surface area contributed by atoms with Crippen molar-refractivity contribution in [3.8, 4) is 23.0 Å². The van der Waals surface area contributed by atoms with Gasteiger partial charge in [-0.1, -0.05) is 45.9 Å². The number of hydrogen-bond donors (Lipinski definition) is 5. The van der Waals surface area contributed by atoms with Crippen molar-refractivity contribution in [1.29, 1.82) is 0 Å². The second-order valence-corrected chi connectivity index (χ2v) is 16.2. The molecular formula is C43H56Cl2N2O13. The first-order valence-electron chi connectivity index (χ1n) is 19.6. The molecule has 0 aromatic heterocycles. The third-order valence-corrected chi connectivity index (χ3v) is 11.6. The van der Waals surface area contributed by atoms with E-state index >= 15 is 0 Å². The van der Waals surface area contributed by atoms with Crippen LogP contribution in [0.3, 0.4) is 0 Å². The highest BCUT2D eigenvalue weighted by Gasteiger charge is 2.50. The topological polar surface area (TPSA) is 211 Å². The Morgan fingerprint density at radius 2 is 1.60 bits per heavy atom. The van der Waals surface area contributed by atoms with Crippen molar-refractivity contribution in [1.82, 2.24) is 4.90 Å². The Bertz CT molecular complexity index is 2030. The summed E-state index contributed by atoms with van der Waals surface area (Å²) in [5, 5.41) is 48.4. The van der Waals surface area contributed by atoms with Crippen molar-refractivity contribution < 1.29 is 63.3 Å². The highest BCUT2D eigenvalue weighted by atomic mass is 35.5. The number of Topliss-reactive ketones (excluding diaryl/α,β-unsaturated/α-hetero) is 1. The number of methoxy groups -OCH3 is 1. The second-order valence-electron chi connectivity index (χ2n) is 15.5. The Hall–Kier alpha value is -4.54. The number of halogens is 2. The second kappa shape index (κ2) is 20.3. The lowest BCUT2D eigenvalue weighted by atomic mass is 9.78. The molecule has 3 aliphatic heterocycles. The van der Waals surface area contributed by atoms with E-state index in [0.29, 0.717) is 0 Å². The van der Waals surface area contributed by atoms with Crippen LogP contribution in [0.4, 0.5) is 5.69 Å². The van der Waals surface area contributed by atoms with Crippen LogP contribution in [0.25, 0.3) is 10.8 Å². The highest BCUT2D eigenvalue weighted by Crippen LogP contribution is 2.54. The summed E-state index contributed by atoms with van der Waals surface area (Å²) in [4.78, 5) is 55.1. The number of aliphatic hydroxyl groups excluding tert-OH is 2. The predicted molar refractivity (Wildman–Crippen MR) is 226 cm³/mol. The van der Waals surface area contributed by atoms with Gasteiger partial charge < -0.3 is 54.3 Å². The molecule has 3 heterocycles. The maximum Gasteiger partial charge on any atom is 0.312 e. The molecule has 17 heteroatoms. The minimum Gasteiger partial charge on any atom is -0.507 e. The van der Waals surface area contributed by atoms with Gasteiger partial charge in [-0.15, -0.1) is 23.2 Å². The number of fused-ring (bicyclic) bond motifs is 14. The average molecular weight is 880 g/mol. The summed E-state index contributed by atoms with van der Waals surface area (Å²) in [5.41, 5.74) is -0.129. The van der Waals surface area contributed by atoms with Crippen molar-refractivity contribution in [2.24, 2.45) is 23.7 Å². The minimum atomic E-state index is -2.05. The number of ketones is 1. The Kier molecular flexibility index (Phi) is 16.3. The number of amides is 2. The lowest BCUT2D eigenvalue weighted by Crippen LogP contribution is -2.46. The fourth-order valence-electron chi connectivity index (χ4n) is 7.54. The van der Waals surface area contributed by atoms with Gasteiger partial charge in [-0.05, 0) is 19.9 Å². The van der Waals surface area contributed by atoms with Gasteiger partial charge in [-0.3, -0.25) is 19.2 Å². The van der Waals surface area contributed by atoms with Gasteiger partial charge in [-0.25, -0.2) is 0 Å². The Morgan fingerprint density at radius 1 is 0.950 bits per heavy atom. The third-order valence-electron chi connectivity index (χ3n) is 11.2. The number of benzene rings is 2. The quantitative estimate of drug-likeness (QED) is 0.116. The van der Waals surface area contributed by atoms with Crippen LogP contribution in [-0.4, -0.2) is 118 Å². The van der Waals surface area contributed by atoms with Gasteiger partial charge in [0.05, 0.1) is 41.2 Å².